The van der Waals surface area contributed by atoms with Gasteiger partial charge in [0, 0.05) is 23.5 Å². The Bertz CT molecular complexity index is 782. The van der Waals surface area contributed by atoms with E-state index < -0.39 is 0 Å². The summed E-state index contributed by atoms with van der Waals surface area (Å²) in [7, 11) is 0. The number of phenolic OH excluding ortho intramolecular Hbond substituents is 1. The Balaban J connectivity index is 1.64. The van der Waals surface area contributed by atoms with Crippen molar-refractivity contribution in [1.82, 2.24) is 0 Å². The molecule has 0 atom stereocenters. The number of nitrogens with zero attached hydrogens (tertiary/aromatic N) is 1. The number of hydrogen-bond donors (Lipinski definition) is 2. The summed E-state index contributed by atoms with van der Waals surface area (Å²) >= 11 is 1.72. The summed E-state index contributed by atoms with van der Waals surface area (Å²) in [5.41, 5.74) is 2.33. The van der Waals surface area contributed by atoms with Crippen LogP contribution in [0.5, 0.6) is 5.75 Å². The molecule has 0 unspecified atom stereocenters. The van der Waals surface area contributed by atoms with Gasteiger partial charge in [0.15, 0.2) is 11.0 Å². The summed E-state index contributed by atoms with van der Waals surface area (Å²) in [6.07, 6.45) is 4.33. The number of anilines is 1. The minimum atomic E-state index is -0.0747. The molecule has 5 heteroatoms. The molecule has 1 aliphatic rings. The Morgan fingerprint density at radius 3 is 2.75 bits per heavy atom. The van der Waals surface area contributed by atoms with Gasteiger partial charge in [-0.15, -0.1) is 0 Å². The van der Waals surface area contributed by atoms with Crippen LogP contribution in [0.1, 0.15) is 22.3 Å². The van der Waals surface area contributed by atoms with E-state index in [4.69, 9.17) is 0 Å². The van der Waals surface area contributed by atoms with Gasteiger partial charge in [0.25, 0.3) is 0 Å². The van der Waals surface area contributed by atoms with Gasteiger partial charge < -0.3 is 10.4 Å². The molecule has 0 spiro atoms. The molecule has 0 saturated heterocycles. The van der Waals surface area contributed by atoms with E-state index in [-0.39, 0.29) is 11.5 Å². The quantitative estimate of drug-likeness (QED) is 0.648. The smallest absolute Gasteiger partial charge is 0.185 e. The normalized spacial score (nSPS) is 14.4. The van der Waals surface area contributed by atoms with Crippen molar-refractivity contribution in [3.8, 4) is 5.75 Å². The number of nitrogens with one attached hydrogen (secondary N) is 1. The lowest BCUT2D eigenvalue weighted by atomic mass is 10.1. The first kappa shape index (κ1) is 16.3. The van der Waals surface area contributed by atoms with Gasteiger partial charge in [0.2, 0.25) is 0 Å². The zero-order chi connectivity index (χ0) is 16.8. The first-order valence-electron chi connectivity index (χ1n) is 7.76. The first-order valence-corrected chi connectivity index (χ1v) is 8.75. The molecule has 1 heterocycles. The molecule has 0 radical (unpaired) electrons. The molecule has 3 rings (SSSR count). The minimum Gasteiger partial charge on any atom is -0.508 e. The lowest BCUT2D eigenvalue weighted by Crippen LogP contribution is -2.13. The third kappa shape index (κ3) is 4.49. The van der Waals surface area contributed by atoms with Crippen LogP contribution in [0, 0.1) is 0 Å². The molecule has 2 N–H and O–H groups in total. The lowest BCUT2D eigenvalue weighted by Gasteiger charge is -2.13. The van der Waals surface area contributed by atoms with E-state index in [1.54, 1.807) is 48.2 Å². The number of rotatable bonds is 4. The third-order valence-electron chi connectivity index (χ3n) is 3.51. The molecule has 0 saturated carbocycles. The van der Waals surface area contributed by atoms with Gasteiger partial charge in [-0.1, -0.05) is 30.0 Å². The Morgan fingerprint density at radius 2 is 2.04 bits per heavy atom. The number of thioether (sulfide) groups is 1. The van der Waals surface area contributed by atoms with E-state index in [1.807, 2.05) is 18.2 Å². The van der Waals surface area contributed by atoms with Gasteiger partial charge >= 0.3 is 0 Å². The molecule has 4 nitrogen and oxygen atoms in total. The summed E-state index contributed by atoms with van der Waals surface area (Å²) in [6, 6.07) is 14.1. The molecule has 2 aromatic rings. The average molecular weight is 338 g/mol. The maximum atomic E-state index is 12.2. The average Bonchev–Trinajstić information content (AvgIpc) is 2.61. The molecule has 2 aromatic carbocycles. The molecular weight excluding hydrogens is 320 g/mol. The standard InChI is InChI=1S/C19H18N2O2S/c22-17-4-1-3-14(13-17)5-10-18(23)15-6-8-16(9-7-15)21-19-20-11-2-12-24-19/h1,3-10,13,22H,2,11-12H2,(H,20,21)/b10-5+. The topological polar surface area (TPSA) is 61.7 Å². The van der Waals surface area contributed by atoms with Gasteiger partial charge in [-0.25, -0.2) is 0 Å². The van der Waals surface area contributed by atoms with Crippen molar-refractivity contribution in [1.29, 1.82) is 0 Å². The highest BCUT2D eigenvalue weighted by atomic mass is 32.2. The zero-order valence-electron chi connectivity index (χ0n) is 13.1. The number of hydrogen-bond acceptors (Lipinski definition) is 5. The number of aliphatic imine (C=N–C) groups is 1. The number of ketones is 1. The third-order valence-corrected chi connectivity index (χ3v) is 4.51. The predicted molar refractivity (Wildman–Crippen MR) is 101 cm³/mol. The fourth-order valence-corrected chi connectivity index (χ4v) is 3.11. The molecule has 0 amide bonds. The summed E-state index contributed by atoms with van der Waals surface area (Å²) in [6.45, 7) is 0.867. The Labute approximate surface area is 145 Å². The largest absolute Gasteiger partial charge is 0.508 e. The number of carbonyl (C=O) groups is 1. The van der Waals surface area contributed by atoms with Crippen molar-refractivity contribution >= 4 is 34.5 Å². The Hall–Kier alpha value is -2.53. The minimum absolute atomic E-state index is 0.0747. The maximum absolute atomic E-state index is 12.2. The molecule has 0 aromatic heterocycles. The van der Waals surface area contributed by atoms with E-state index in [0.717, 1.165) is 35.1 Å². The molecule has 1 aliphatic heterocycles. The molecular formula is C19H18N2O2S. The second kappa shape index (κ2) is 7.84. The van der Waals surface area contributed by atoms with Gasteiger partial charge in [0.05, 0.1) is 0 Å². The van der Waals surface area contributed by atoms with Crippen LogP contribution >= 0.6 is 11.8 Å². The van der Waals surface area contributed by atoms with Gasteiger partial charge in [-0.3, -0.25) is 9.79 Å². The van der Waals surface area contributed by atoms with Crippen molar-refractivity contribution in [2.45, 2.75) is 6.42 Å². The van der Waals surface area contributed by atoms with Crippen LogP contribution < -0.4 is 5.32 Å². The molecule has 0 fully saturated rings. The van der Waals surface area contributed by atoms with Crippen molar-refractivity contribution in [2.75, 3.05) is 17.6 Å². The predicted octanol–water partition coefficient (Wildman–Crippen LogP) is 4.19. The summed E-state index contributed by atoms with van der Waals surface area (Å²) < 4.78 is 0. The molecule has 0 aliphatic carbocycles. The molecule has 24 heavy (non-hydrogen) atoms. The fourth-order valence-electron chi connectivity index (χ4n) is 2.27. The Kier molecular flexibility index (Phi) is 5.33. The highest BCUT2D eigenvalue weighted by Gasteiger charge is 2.07. The summed E-state index contributed by atoms with van der Waals surface area (Å²) in [4.78, 5) is 16.6. The number of phenols is 1. The molecule has 122 valence electrons. The summed E-state index contributed by atoms with van der Waals surface area (Å²) in [5.74, 6) is 1.19. The summed E-state index contributed by atoms with van der Waals surface area (Å²) in [5, 5.41) is 13.6. The number of benzene rings is 2. The van der Waals surface area contributed by atoms with Crippen molar-refractivity contribution in [3.63, 3.8) is 0 Å². The van der Waals surface area contributed by atoms with Crippen LogP contribution in [0.2, 0.25) is 0 Å². The van der Waals surface area contributed by atoms with Gasteiger partial charge in [0.1, 0.15) is 5.75 Å². The van der Waals surface area contributed by atoms with Crippen LogP contribution in [0.15, 0.2) is 59.6 Å². The van der Waals surface area contributed by atoms with E-state index >= 15 is 0 Å². The van der Waals surface area contributed by atoms with Crippen LogP contribution in [0.3, 0.4) is 0 Å². The van der Waals surface area contributed by atoms with Crippen molar-refractivity contribution in [3.05, 3.63) is 65.7 Å². The fraction of sp³-hybridized carbons (Fsp3) is 0.158. The van der Waals surface area contributed by atoms with Crippen LogP contribution in [-0.2, 0) is 0 Å². The second-order valence-corrected chi connectivity index (χ2v) is 6.47. The van der Waals surface area contributed by atoms with Crippen molar-refractivity contribution in [2.24, 2.45) is 4.99 Å². The maximum Gasteiger partial charge on any atom is 0.185 e. The van der Waals surface area contributed by atoms with E-state index in [9.17, 15) is 9.90 Å². The monoisotopic (exact) mass is 338 g/mol. The van der Waals surface area contributed by atoms with E-state index in [2.05, 4.69) is 10.3 Å². The number of amidine groups is 1. The first-order chi connectivity index (χ1) is 11.7. The lowest BCUT2D eigenvalue weighted by molar-refractivity contribution is 0.104. The highest BCUT2D eigenvalue weighted by molar-refractivity contribution is 8.14. The van der Waals surface area contributed by atoms with Gasteiger partial charge in [-0.05, 0) is 54.5 Å². The second-order valence-electron chi connectivity index (χ2n) is 5.38. The van der Waals surface area contributed by atoms with E-state index in [1.165, 1.54) is 6.08 Å². The number of allylic oxidation sites excluding steroid dienone is 1. The van der Waals surface area contributed by atoms with Crippen LogP contribution in [0.4, 0.5) is 5.69 Å². The molecule has 0 bridgehead atoms. The zero-order valence-corrected chi connectivity index (χ0v) is 13.9. The van der Waals surface area contributed by atoms with Crippen molar-refractivity contribution < 1.29 is 9.90 Å². The SMILES string of the molecule is O=C(/C=C/c1cccc(O)c1)c1ccc(NC2=NCCCS2)cc1. The Morgan fingerprint density at radius 1 is 1.21 bits per heavy atom. The number of carbonyl (C=O) groups excluding carboxylic acids is 1. The number of aromatic hydroxyl groups is 1. The van der Waals surface area contributed by atoms with Crippen LogP contribution in [0.25, 0.3) is 6.08 Å². The highest BCUT2D eigenvalue weighted by Crippen LogP contribution is 2.17. The van der Waals surface area contributed by atoms with Crippen LogP contribution in [-0.4, -0.2) is 28.4 Å². The van der Waals surface area contributed by atoms with Gasteiger partial charge in [-0.2, -0.15) is 0 Å². The van der Waals surface area contributed by atoms with E-state index in [0.29, 0.717) is 5.56 Å².